The first-order valence-electron chi connectivity index (χ1n) is 21.2. The van der Waals surface area contributed by atoms with E-state index in [1.165, 1.54) is 4.90 Å². The summed E-state index contributed by atoms with van der Waals surface area (Å²) in [4.78, 5) is 52.1. The summed E-state index contributed by atoms with van der Waals surface area (Å²) >= 11 is 12.6. The summed E-state index contributed by atoms with van der Waals surface area (Å²) in [5, 5.41) is 7.85. The molecule has 6 rings (SSSR count). The number of aryl methyl sites for hydroxylation is 1. The van der Waals surface area contributed by atoms with E-state index in [1.807, 2.05) is 103 Å². The third-order valence-electron chi connectivity index (χ3n) is 11.4. The molecule has 3 amide bonds. The van der Waals surface area contributed by atoms with Crippen LogP contribution in [0, 0.1) is 0 Å². The Balaban J connectivity index is 1.14. The van der Waals surface area contributed by atoms with Gasteiger partial charge >= 0.3 is 6.09 Å². The second-order valence-electron chi connectivity index (χ2n) is 18.2. The number of hydrogen-bond acceptors (Lipinski definition) is 9. The number of imidazole rings is 1. The largest absolute Gasteiger partial charge is 0.457 e. The van der Waals surface area contributed by atoms with Crippen LogP contribution in [-0.2, 0) is 45.6 Å². The van der Waals surface area contributed by atoms with Crippen LogP contribution in [0.1, 0.15) is 77.8 Å². The zero-order valence-electron chi connectivity index (χ0n) is 37.4. The molecule has 62 heavy (non-hydrogen) atoms. The summed E-state index contributed by atoms with van der Waals surface area (Å²) in [7, 11) is 6.04. The van der Waals surface area contributed by atoms with Gasteiger partial charge in [-0.25, -0.2) is 9.78 Å². The van der Waals surface area contributed by atoms with Gasteiger partial charge in [-0.2, -0.15) is 0 Å². The number of carbonyl (C=O) groups is 3. The van der Waals surface area contributed by atoms with E-state index in [0.717, 1.165) is 34.8 Å². The van der Waals surface area contributed by atoms with Crippen LogP contribution < -0.4 is 15.4 Å². The van der Waals surface area contributed by atoms with Crippen molar-refractivity contribution < 1.29 is 28.6 Å². The quantitative estimate of drug-likeness (QED) is 0.129. The fraction of sp³-hybridized carbons (Fsp3) is 0.489. The van der Waals surface area contributed by atoms with Crippen molar-refractivity contribution in [1.29, 1.82) is 0 Å². The molecule has 0 aliphatic carbocycles. The van der Waals surface area contributed by atoms with Crippen molar-refractivity contribution >= 4 is 41.1 Å². The standard InChI is InChI=1S/C47H61Cl2N7O6/c1-31(50-26-34-13-18-36(49)25-40(34)61-37-19-14-33(15-20-37)38-27-51-41(54(38)9)28-53(7)8)43(58)56-39(29-60-46(56,5)6)42(57)52-47(23-21-32-11-16-35(48)17-12-32)22-10-24-55(30-47)44(59)62-45(2,3)4/h11-20,25,27,31,39,50H,10,21-24,26,28-30H2,1-9H3,(H,52,57)/t31-,39-,47+/m0/s1. The normalized spacial score (nSPS) is 19.4. The maximum Gasteiger partial charge on any atom is 0.410 e. The van der Waals surface area contributed by atoms with Crippen LogP contribution in [0.15, 0.2) is 72.9 Å². The first kappa shape index (κ1) is 46.8. The Hall–Kier alpha value is -4.66. The Kier molecular flexibility index (Phi) is 14.6. The van der Waals surface area contributed by atoms with Crippen LogP contribution in [-0.4, -0.2) is 105 Å². The molecule has 0 spiro atoms. The summed E-state index contributed by atoms with van der Waals surface area (Å²) in [5.41, 5.74) is 1.34. The summed E-state index contributed by atoms with van der Waals surface area (Å²) in [6.07, 6.45) is 3.96. The molecule has 3 aromatic carbocycles. The predicted molar refractivity (Wildman–Crippen MR) is 242 cm³/mol. The number of halogens is 2. The van der Waals surface area contributed by atoms with Gasteiger partial charge < -0.3 is 39.2 Å². The highest BCUT2D eigenvalue weighted by molar-refractivity contribution is 6.31. The Bertz CT molecular complexity index is 2210. The smallest absolute Gasteiger partial charge is 0.410 e. The summed E-state index contributed by atoms with van der Waals surface area (Å²) in [6, 6.07) is 19.2. The third kappa shape index (κ3) is 11.7. The number of aromatic nitrogens is 2. The molecule has 3 heterocycles. The highest BCUT2D eigenvalue weighted by Crippen LogP contribution is 2.34. The van der Waals surface area contributed by atoms with E-state index in [1.54, 1.807) is 37.8 Å². The average Bonchev–Trinajstić information content (AvgIpc) is 3.73. The molecule has 15 heteroatoms. The molecule has 0 unspecified atom stereocenters. The average molecular weight is 891 g/mol. The van der Waals surface area contributed by atoms with Gasteiger partial charge in [-0.3, -0.25) is 14.5 Å². The second-order valence-corrected chi connectivity index (χ2v) is 19.1. The third-order valence-corrected chi connectivity index (χ3v) is 11.9. The van der Waals surface area contributed by atoms with Gasteiger partial charge in [-0.1, -0.05) is 41.4 Å². The summed E-state index contributed by atoms with van der Waals surface area (Å²) in [6.45, 7) is 12.7. The first-order chi connectivity index (χ1) is 29.2. The van der Waals surface area contributed by atoms with Crippen molar-refractivity contribution in [3.05, 3.63) is 99.9 Å². The highest BCUT2D eigenvalue weighted by atomic mass is 35.5. The van der Waals surface area contributed by atoms with Crippen molar-refractivity contribution in [3.8, 4) is 22.8 Å². The molecule has 3 atom stereocenters. The number of piperidine rings is 1. The molecule has 2 saturated heterocycles. The number of carbonyl (C=O) groups excluding carboxylic acids is 3. The van der Waals surface area contributed by atoms with Crippen molar-refractivity contribution in [2.45, 2.75) is 109 Å². The highest BCUT2D eigenvalue weighted by Gasteiger charge is 2.50. The van der Waals surface area contributed by atoms with Gasteiger partial charge in [0.2, 0.25) is 11.8 Å². The molecule has 13 nitrogen and oxygen atoms in total. The molecule has 0 saturated carbocycles. The molecule has 2 aliphatic heterocycles. The van der Waals surface area contributed by atoms with Crippen molar-refractivity contribution in [1.82, 2.24) is 34.9 Å². The lowest BCUT2D eigenvalue weighted by molar-refractivity contribution is -0.152. The summed E-state index contributed by atoms with van der Waals surface area (Å²) in [5.74, 6) is 1.51. The van der Waals surface area contributed by atoms with Gasteiger partial charge in [0.05, 0.1) is 36.6 Å². The van der Waals surface area contributed by atoms with E-state index in [4.69, 9.17) is 37.4 Å². The van der Waals surface area contributed by atoms with Crippen molar-refractivity contribution in [3.63, 3.8) is 0 Å². The molecule has 2 N–H and O–H groups in total. The second kappa shape index (κ2) is 19.4. The van der Waals surface area contributed by atoms with E-state index < -0.39 is 35.0 Å². The van der Waals surface area contributed by atoms with Crippen LogP contribution in [0.25, 0.3) is 11.3 Å². The number of rotatable bonds is 14. The Morgan fingerprint density at radius 3 is 2.39 bits per heavy atom. The van der Waals surface area contributed by atoms with Crippen LogP contribution >= 0.6 is 23.2 Å². The summed E-state index contributed by atoms with van der Waals surface area (Å²) < 4.78 is 20.3. The molecule has 2 aliphatic rings. The van der Waals surface area contributed by atoms with Gasteiger partial charge in [-0.05, 0) is 135 Å². The SMILES string of the molecule is C[C@H](NCc1ccc(Cl)cc1Oc1ccc(-c2cnc(CN(C)C)n2C)cc1)C(=O)N1[C@H](C(=O)N[C@@]2(CCc3ccc(Cl)cc3)CCCN(C(=O)OC(C)(C)C)C2)COC1(C)C. The van der Waals surface area contributed by atoms with Crippen LogP contribution in [0.4, 0.5) is 4.79 Å². The van der Waals surface area contributed by atoms with Crippen LogP contribution in [0.3, 0.4) is 0 Å². The Labute approximate surface area is 376 Å². The molecular formula is C47H61Cl2N7O6. The molecule has 0 radical (unpaired) electrons. The van der Waals surface area contributed by atoms with Gasteiger partial charge in [0.25, 0.3) is 0 Å². The number of ether oxygens (including phenoxy) is 3. The van der Waals surface area contributed by atoms with Gasteiger partial charge in [0, 0.05) is 47.9 Å². The van der Waals surface area contributed by atoms with Crippen LogP contribution in [0.2, 0.25) is 10.0 Å². The van der Waals surface area contributed by atoms with E-state index in [2.05, 4.69) is 25.1 Å². The fourth-order valence-electron chi connectivity index (χ4n) is 8.07. The van der Waals surface area contributed by atoms with Gasteiger partial charge in [0.15, 0.2) is 0 Å². The minimum atomic E-state index is -1.06. The van der Waals surface area contributed by atoms with Gasteiger partial charge in [0.1, 0.15) is 34.7 Å². The monoisotopic (exact) mass is 889 g/mol. The molecule has 4 aromatic rings. The van der Waals surface area contributed by atoms with Crippen molar-refractivity contribution in [2.75, 3.05) is 33.8 Å². The molecule has 0 bridgehead atoms. The van der Waals surface area contributed by atoms with Crippen LogP contribution in [0.5, 0.6) is 11.5 Å². The minimum absolute atomic E-state index is 0.0200. The minimum Gasteiger partial charge on any atom is -0.457 e. The topological polar surface area (TPSA) is 130 Å². The molecule has 2 fully saturated rings. The van der Waals surface area contributed by atoms with Gasteiger partial charge in [-0.15, -0.1) is 0 Å². The number of benzene rings is 3. The number of nitrogens with one attached hydrogen (secondary N) is 2. The number of hydrogen-bond donors (Lipinski definition) is 2. The van der Waals surface area contributed by atoms with E-state index in [9.17, 15) is 14.4 Å². The number of likely N-dealkylation sites (tertiary alicyclic amines) is 1. The molecule has 1 aromatic heterocycles. The first-order valence-corrected chi connectivity index (χ1v) is 21.9. The zero-order valence-corrected chi connectivity index (χ0v) is 38.9. The Morgan fingerprint density at radius 1 is 1.02 bits per heavy atom. The maximum atomic E-state index is 14.5. The van der Waals surface area contributed by atoms with E-state index in [-0.39, 0.29) is 31.5 Å². The fourth-order valence-corrected chi connectivity index (χ4v) is 8.36. The van der Waals surface area contributed by atoms with E-state index in [0.29, 0.717) is 53.8 Å². The lowest BCUT2D eigenvalue weighted by Gasteiger charge is -2.44. The lowest BCUT2D eigenvalue weighted by atomic mass is 9.83. The molecule has 334 valence electrons. The van der Waals surface area contributed by atoms with E-state index >= 15 is 0 Å². The predicted octanol–water partition coefficient (Wildman–Crippen LogP) is 8.21. The van der Waals surface area contributed by atoms with Crippen molar-refractivity contribution in [2.24, 2.45) is 7.05 Å². The molecular weight excluding hydrogens is 829 g/mol. The maximum absolute atomic E-state index is 14.5. The number of amides is 3. The Morgan fingerprint density at radius 2 is 1.71 bits per heavy atom. The lowest BCUT2D eigenvalue weighted by Crippen LogP contribution is -2.64. The zero-order chi connectivity index (χ0) is 45.0. The number of nitrogens with zero attached hydrogens (tertiary/aromatic N) is 5.